The molecule has 3 unspecified atom stereocenters. The second kappa shape index (κ2) is 5.38. The lowest BCUT2D eigenvalue weighted by Crippen LogP contribution is -2.30. The highest BCUT2D eigenvalue weighted by molar-refractivity contribution is 5.94. The molecule has 1 amide bonds. The van der Waals surface area contributed by atoms with Crippen molar-refractivity contribution in [2.75, 3.05) is 5.32 Å². The van der Waals surface area contributed by atoms with Crippen LogP contribution < -0.4 is 5.32 Å². The highest BCUT2D eigenvalue weighted by atomic mass is 16.4. The Hall–Kier alpha value is -1.91. The van der Waals surface area contributed by atoms with Crippen molar-refractivity contribution >= 4 is 17.7 Å². The first-order chi connectivity index (χ1) is 8.97. The second-order valence-electron chi connectivity index (χ2n) is 5.28. The number of nitrogens with zero attached hydrogens (tertiary/aromatic N) is 1. The Morgan fingerprint density at radius 3 is 2.63 bits per heavy atom. The molecule has 0 aromatic carbocycles. The van der Waals surface area contributed by atoms with E-state index in [4.69, 9.17) is 5.11 Å². The van der Waals surface area contributed by atoms with Crippen LogP contribution in [0.2, 0.25) is 0 Å². The van der Waals surface area contributed by atoms with E-state index in [9.17, 15) is 9.59 Å². The molecule has 1 aromatic heterocycles. The zero-order valence-electron chi connectivity index (χ0n) is 11.1. The minimum Gasteiger partial charge on any atom is -0.481 e. The van der Waals surface area contributed by atoms with Gasteiger partial charge >= 0.3 is 5.97 Å². The van der Waals surface area contributed by atoms with Crippen molar-refractivity contribution in [3.05, 3.63) is 23.9 Å². The van der Waals surface area contributed by atoms with Crippen LogP contribution >= 0.6 is 0 Å². The zero-order chi connectivity index (χ0) is 14.0. The Labute approximate surface area is 112 Å². The van der Waals surface area contributed by atoms with Gasteiger partial charge in [0.15, 0.2) is 0 Å². The fourth-order valence-corrected chi connectivity index (χ4v) is 2.69. The van der Waals surface area contributed by atoms with Crippen molar-refractivity contribution in [2.24, 2.45) is 17.8 Å². The van der Waals surface area contributed by atoms with E-state index in [-0.39, 0.29) is 11.8 Å². The maximum absolute atomic E-state index is 12.2. The van der Waals surface area contributed by atoms with Gasteiger partial charge in [-0.25, -0.2) is 4.98 Å². The number of aliphatic carboxylic acids is 1. The molecule has 1 aliphatic carbocycles. The molecule has 1 saturated carbocycles. The number of hydrogen-bond acceptors (Lipinski definition) is 3. The fourth-order valence-electron chi connectivity index (χ4n) is 2.69. The van der Waals surface area contributed by atoms with Crippen LogP contribution in [0.5, 0.6) is 0 Å². The van der Waals surface area contributed by atoms with E-state index in [0.717, 1.165) is 5.69 Å². The van der Waals surface area contributed by atoms with Crippen molar-refractivity contribution in [3.8, 4) is 0 Å². The van der Waals surface area contributed by atoms with Crippen LogP contribution in [0.15, 0.2) is 18.2 Å². The molecule has 102 valence electrons. The number of aromatic nitrogens is 1. The molecule has 5 nitrogen and oxygen atoms in total. The van der Waals surface area contributed by atoms with E-state index < -0.39 is 17.8 Å². The number of carbonyl (C=O) groups excluding carboxylic acids is 1. The number of rotatable bonds is 3. The largest absolute Gasteiger partial charge is 0.481 e. The topological polar surface area (TPSA) is 79.3 Å². The summed E-state index contributed by atoms with van der Waals surface area (Å²) in [7, 11) is 0. The first-order valence-electron chi connectivity index (χ1n) is 6.44. The first kappa shape index (κ1) is 13.5. The summed E-state index contributed by atoms with van der Waals surface area (Å²) in [6.45, 7) is 3.82. The second-order valence-corrected chi connectivity index (χ2v) is 5.28. The predicted octanol–water partition coefficient (Wildman–Crippen LogP) is 2.08. The first-order valence-corrected chi connectivity index (χ1v) is 6.44. The van der Waals surface area contributed by atoms with Crippen molar-refractivity contribution in [1.29, 1.82) is 0 Å². The van der Waals surface area contributed by atoms with Crippen molar-refractivity contribution < 1.29 is 14.7 Å². The van der Waals surface area contributed by atoms with Crippen LogP contribution in [0.25, 0.3) is 0 Å². The summed E-state index contributed by atoms with van der Waals surface area (Å²) >= 11 is 0. The number of pyridine rings is 1. The van der Waals surface area contributed by atoms with E-state index in [1.165, 1.54) is 0 Å². The molecular formula is C14H18N2O3. The molecule has 0 saturated heterocycles. The molecule has 0 spiro atoms. The summed E-state index contributed by atoms with van der Waals surface area (Å²) in [5.74, 6) is -1.43. The van der Waals surface area contributed by atoms with Gasteiger partial charge in [-0.15, -0.1) is 0 Å². The van der Waals surface area contributed by atoms with Crippen molar-refractivity contribution in [1.82, 2.24) is 4.98 Å². The minimum absolute atomic E-state index is 0.241. The maximum Gasteiger partial charge on any atom is 0.307 e. The van der Waals surface area contributed by atoms with Crippen molar-refractivity contribution in [2.45, 2.75) is 26.7 Å². The monoisotopic (exact) mass is 262 g/mol. The number of anilines is 1. The van der Waals surface area contributed by atoms with Crippen molar-refractivity contribution in [3.63, 3.8) is 0 Å². The Morgan fingerprint density at radius 2 is 2.00 bits per heavy atom. The normalized spacial score (nSPS) is 26.1. The molecule has 0 aliphatic heterocycles. The predicted molar refractivity (Wildman–Crippen MR) is 70.6 cm³/mol. The molecule has 19 heavy (non-hydrogen) atoms. The molecule has 2 rings (SSSR count). The maximum atomic E-state index is 12.2. The van der Waals surface area contributed by atoms with Crippen LogP contribution in [0.1, 0.15) is 25.5 Å². The molecule has 1 heterocycles. The van der Waals surface area contributed by atoms with E-state index in [0.29, 0.717) is 18.7 Å². The van der Waals surface area contributed by atoms with Gasteiger partial charge in [0.05, 0.1) is 11.8 Å². The van der Waals surface area contributed by atoms with Gasteiger partial charge in [0.2, 0.25) is 5.91 Å². The molecule has 2 N–H and O–H groups in total. The SMILES string of the molecule is Cc1cccc(NC(=O)C2CC(C)CC2C(=O)O)n1. The summed E-state index contributed by atoms with van der Waals surface area (Å²) in [5, 5.41) is 11.9. The molecule has 5 heteroatoms. The molecule has 1 aliphatic rings. The Bertz CT molecular complexity index is 501. The summed E-state index contributed by atoms with van der Waals surface area (Å²) in [6, 6.07) is 5.36. The van der Waals surface area contributed by atoms with Crippen LogP contribution in [0, 0.1) is 24.7 Å². The van der Waals surface area contributed by atoms with E-state index in [1.807, 2.05) is 26.0 Å². The summed E-state index contributed by atoms with van der Waals surface area (Å²) in [4.78, 5) is 27.5. The number of nitrogens with one attached hydrogen (secondary N) is 1. The van der Waals surface area contributed by atoms with Crippen LogP contribution in [0.4, 0.5) is 5.82 Å². The minimum atomic E-state index is -0.887. The summed E-state index contributed by atoms with van der Waals surface area (Å²) < 4.78 is 0. The van der Waals surface area contributed by atoms with Crippen LogP contribution in [-0.4, -0.2) is 22.0 Å². The summed E-state index contributed by atoms with van der Waals surface area (Å²) in [5.41, 5.74) is 0.812. The van der Waals surface area contributed by atoms with Gasteiger partial charge in [-0.3, -0.25) is 9.59 Å². The molecule has 0 bridgehead atoms. The molecule has 1 aromatic rings. The smallest absolute Gasteiger partial charge is 0.307 e. The number of carboxylic acid groups (broad SMARTS) is 1. The number of amides is 1. The lowest BCUT2D eigenvalue weighted by atomic mass is 9.95. The van der Waals surface area contributed by atoms with E-state index in [1.54, 1.807) is 6.07 Å². The zero-order valence-corrected chi connectivity index (χ0v) is 11.1. The average Bonchev–Trinajstić information content (AvgIpc) is 2.71. The molecule has 1 fully saturated rings. The molecule has 0 radical (unpaired) electrons. The average molecular weight is 262 g/mol. The lowest BCUT2D eigenvalue weighted by Gasteiger charge is -2.15. The Kier molecular flexibility index (Phi) is 3.83. The van der Waals surface area contributed by atoms with Gasteiger partial charge in [-0.05, 0) is 37.8 Å². The number of hydrogen-bond donors (Lipinski definition) is 2. The van der Waals surface area contributed by atoms with Gasteiger partial charge in [-0.1, -0.05) is 13.0 Å². The van der Waals surface area contributed by atoms with Crippen LogP contribution in [0.3, 0.4) is 0 Å². The number of carboxylic acids is 1. The fraction of sp³-hybridized carbons (Fsp3) is 0.500. The third-order valence-corrected chi connectivity index (χ3v) is 3.59. The van der Waals surface area contributed by atoms with Gasteiger partial charge < -0.3 is 10.4 Å². The molecular weight excluding hydrogens is 244 g/mol. The number of aryl methyl sites for hydroxylation is 1. The van der Waals surface area contributed by atoms with Gasteiger partial charge in [0.25, 0.3) is 0 Å². The van der Waals surface area contributed by atoms with E-state index >= 15 is 0 Å². The summed E-state index contributed by atoms with van der Waals surface area (Å²) in [6.07, 6.45) is 1.18. The van der Waals surface area contributed by atoms with Crippen LogP contribution in [-0.2, 0) is 9.59 Å². The Balaban J connectivity index is 2.09. The third kappa shape index (κ3) is 3.10. The lowest BCUT2D eigenvalue weighted by molar-refractivity contribution is -0.145. The van der Waals surface area contributed by atoms with Gasteiger partial charge in [0, 0.05) is 5.69 Å². The third-order valence-electron chi connectivity index (χ3n) is 3.59. The number of carbonyl (C=O) groups is 2. The molecule has 3 atom stereocenters. The quantitative estimate of drug-likeness (QED) is 0.874. The Morgan fingerprint density at radius 1 is 1.32 bits per heavy atom. The standard InChI is InChI=1S/C14H18N2O3/c1-8-6-10(11(7-8)14(18)19)13(17)16-12-5-3-4-9(2)15-12/h3-5,8,10-11H,6-7H2,1-2H3,(H,18,19)(H,15,16,17). The van der Waals surface area contributed by atoms with Gasteiger partial charge in [0.1, 0.15) is 5.82 Å². The highest BCUT2D eigenvalue weighted by Gasteiger charge is 2.41. The highest BCUT2D eigenvalue weighted by Crippen LogP contribution is 2.37. The van der Waals surface area contributed by atoms with Gasteiger partial charge in [-0.2, -0.15) is 0 Å². The van der Waals surface area contributed by atoms with E-state index in [2.05, 4.69) is 10.3 Å².